The van der Waals surface area contributed by atoms with Crippen LogP contribution in [0.2, 0.25) is 0 Å². The molecule has 102 valence electrons. The first kappa shape index (κ1) is 12.4. The van der Waals surface area contributed by atoms with Crippen LogP contribution in [0.3, 0.4) is 0 Å². The number of ether oxygens (including phenoxy) is 2. The standard InChI is InChI=1S/C13H18N4O2/c1-9-6-11-12(14-4-5-17(11)16-9)15-7-10-8-18-13(2,3)19-10/h4-6,10H,7-8H2,1-3H3,(H,14,15). The summed E-state index contributed by atoms with van der Waals surface area (Å²) >= 11 is 0. The minimum Gasteiger partial charge on any atom is -0.366 e. The van der Waals surface area contributed by atoms with Crippen LogP contribution in [0.25, 0.3) is 5.52 Å². The van der Waals surface area contributed by atoms with Crippen molar-refractivity contribution in [2.24, 2.45) is 0 Å². The van der Waals surface area contributed by atoms with Gasteiger partial charge in [0.25, 0.3) is 0 Å². The van der Waals surface area contributed by atoms with Crippen LogP contribution in [0.5, 0.6) is 0 Å². The first-order chi connectivity index (χ1) is 9.03. The lowest BCUT2D eigenvalue weighted by Gasteiger charge is -2.17. The van der Waals surface area contributed by atoms with Gasteiger partial charge in [-0.05, 0) is 26.8 Å². The molecule has 3 heterocycles. The largest absolute Gasteiger partial charge is 0.366 e. The molecule has 0 saturated carbocycles. The number of nitrogens with zero attached hydrogens (tertiary/aromatic N) is 3. The fourth-order valence-corrected chi connectivity index (χ4v) is 2.25. The molecule has 2 aromatic rings. The zero-order chi connectivity index (χ0) is 13.5. The molecule has 2 aromatic heterocycles. The van der Waals surface area contributed by atoms with Crippen molar-refractivity contribution in [1.82, 2.24) is 14.6 Å². The van der Waals surface area contributed by atoms with E-state index in [0.29, 0.717) is 13.2 Å². The maximum absolute atomic E-state index is 5.75. The number of hydrogen-bond donors (Lipinski definition) is 1. The summed E-state index contributed by atoms with van der Waals surface area (Å²) < 4.78 is 13.1. The highest BCUT2D eigenvalue weighted by Crippen LogP contribution is 2.23. The van der Waals surface area contributed by atoms with Crippen molar-refractivity contribution >= 4 is 11.3 Å². The van der Waals surface area contributed by atoms with Gasteiger partial charge in [0.1, 0.15) is 11.6 Å². The molecule has 19 heavy (non-hydrogen) atoms. The molecule has 0 bridgehead atoms. The number of nitrogens with one attached hydrogen (secondary N) is 1. The Labute approximate surface area is 111 Å². The zero-order valence-corrected chi connectivity index (χ0v) is 11.4. The Bertz CT molecular complexity index is 593. The monoisotopic (exact) mass is 262 g/mol. The van der Waals surface area contributed by atoms with E-state index in [1.54, 1.807) is 6.20 Å². The second-order valence-corrected chi connectivity index (χ2v) is 5.22. The van der Waals surface area contributed by atoms with Crippen LogP contribution in [-0.4, -0.2) is 39.6 Å². The normalized spacial score (nSPS) is 21.9. The summed E-state index contributed by atoms with van der Waals surface area (Å²) in [4.78, 5) is 4.35. The number of aryl methyl sites for hydroxylation is 1. The third kappa shape index (κ3) is 2.54. The lowest BCUT2D eigenvalue weighted by molar-refractivity contribution is -0.136. The Morgan fingerprint density at radius 2 is 2.37 bits per heavy atom. The lowest BCUT2D eigenvalue weighted by atomic mass is 10.3. The van der Waals surface area contributed by atoms with Crippen LogP contribution >= 0.6 is 0 Å². The first-order valence-electron chi connectivity index (χ1n) is 6.40. The fourth-order valence-electron chi connectivity index (χ4n) is 2.25. The second kappa shape index (κ2) is 4.47. The van der Waals surface area contributed by atoms with Gasteiger partial charge < -0.3 is 14.8 Å². The van der Waals surface area contributed by atoms with Gasteiger partial charge in [-0.15, -0.1) is 0 Å². The Morgan fingerprint density at radius 1 is 1.53 bits per heavy atom. The van der Waals surface area contributed by atoms with Crippen LogP contribution in [0.4, 0.5) is 5.82 Å². The predicted molar refractivity (Wildman–Crippen MR) is 71.1 cm³/mol. The van der Waals surface area contributed by atoms with Gasteiger partial charge >= 0.3 is 0 Å². The molecule has 1 unspecified atom stereocenters. The average Bonchev–Trinajstić information content (AvgIpc) is 2.88. The smallest absolute Gasteiger partial charge is 0.163 e. The molecule has 1 N–H and O–H groups in total. The third-order valence-electron chi connectivity index (χ3n) is 3.08. The van der Waals surface area contributed by atoms with Crippen molar-refractivity contribution in [2.75, 3.05) is 18.5 Å². The maximum atomic E-state index is 5.75. The number of fused-ring (bicyclic) bond motifs is 1. The Hall–Kier alpha value is -1.66. The van der Waals surface area contributed by atoms with E-state index in [-0.39, 0.29) is 6.10 Å². The minimum absolute atomic E-state index is 0.0427. The Kier molecular flexibility index (Phi) is 2.91. The van der Waals surface area contributed by atoms with Crippen molar-refractivity contribution in [1.29, 1.82) is 0 Å². The number of anilines is 1. The van der Waals surface area contributed by atoms with Crippen LogP contribution in [0, 0.1) is 6.92 Å². The average molecular weight is 262 g/mol. The van der Waals surface area contributed by atoms with Gasteiger partial charge in [-0.2, -0.15) is 5.10 Å². The number of rotatable bonds is 3. The minimum atomic E-state index is -0.487. The fraction of sp³-hybridized carbons (Fsp3) is 0.538. The van der Waals surface area contributed by atoms with Crippen molar-refractivity contribution in [3.8, 4) is 0 Å². The lowest BCUT2D eigenvalue weighted by Crippen LogP contribution is -2.26. The van der Waals surface area contributed by atoms with Crippen LogP contribution < -0.4 is 5.32 Å². The van der Waals surface area contributed by atoms with Crippen LogP contribution in [0.1, 0.15) is 19.5 Å². The zero-order valence-electron chi connectivity index (χ0n) is 11.4. The molecular weight excluding hydrogens is 244 g/mol. The Morgan fingerprint density at radius 3 is 3.11 bits per heavy atom. The van der Waals surface area contributed by atoms with E-state index >= 15 is 0 Å². The van der Waals surface area contributed by atoms with Crippen molar-refractivity contribution in [3.63, 3.8) is 0 Å². The maximum Gasteiger partial charge on any atom is 0.163 e. The Balaban J connectivity index is 1.72. The van der Waals surface area contributed by atoms with Gasteiger partial charge in [0.15, 0.2) is 11.6 Å². The van der Waals surface area contributed by atoms with Crippen molar-refractivity contribution in [3.05, 3.63) is 24.2 Å². The number of hydrogen-bond acceptors (Lipinski definition) is 5. The highest BCUT2D eigenvalue weighted by atomic mass is 16.7. The van der Waals surface area contributed by atoms with Gasteiger partial charge in [-0.3, -0.25) is 0 Å². The summed E-state index contributed by atoms with van der Waals surface area (Å²) in [7, 11) is 0. The van der Waals surface area contributed by atoms with Gasteiger partial charge in [0, 0.05) is 18.9 Å². The molecule has 1 fully saturated rings. The summed E-state index contributed by atoms with van der Waals surface area (Å²) in [6.07, 6.45) is 3.62. The molecule has 1 atom stereocenters. The molecule has 0 aliphatic carbocycles. The molecular formula is C13H18N4O2. The summed E-state index contributed by atoms with van der Waals surface area (Å²) in [5.74, 6) is 0.329. The van der Waals surface area contributed by atoms with Gasteiger partial charge in [-0.25, -0.2) is 9.50 Å². The second-order valence-electron chi connectivity index (χ2n) is 5.22. The van der Waals surface area contributed by atoms with Crippen LogP contribution in [0.15, 0.2) is 18.5 Å². The van der Waals surface area contributed by atoms with Gasteiger partial charge in [0.2, 0.25) is 0 Å². The van der Waals surface area contributed by atoms with E-state index < -0.39 is 5.79 Å². The van der Waals surface area contributed by atoms with E-state index in [4.69, 9.17) is 9.47 Å². The highest BCUT2D eigenvalue weighted by molar-refractivity contribution is 5.67. The van der Waals surface area contributed by atoms with Crippen molar-refractivity contribution < 1.29 is 9.47 Å². The molecule has 1 aliphatic rings. The third-order valence-corrected chi connectivity index (χ3v) is 3.08. The number of aromatic nitrogens is 3. The molecule has 6 nitrogen and oxygen atoms in total. The van der Waals surface area contributed by atoms with E-state index in [1.165, 1.54) is 0 Å². The molecule has 3 rings (SSSR count). The molecule has 0 aromatic carbocycles. The first-order valence-corrected chi connectivity index (χ1v) is 6.40. The van der Waals surface area contributed by atoms with E-state index in [0.717, 1.165) is 17.0 Å². The summed E-state index contributed by atoms with van der Waals surface area (Å²) in [6, 6.07) is 2.01. The van der Waals surface area contributed by atoms with Crippen LogP contribution in [-0.2, 0) is 9.47 Å². The molecule has 1 aliphatic heterocycles. The molecule has 0 amide bonds. The molecule has 1 saturated heterocycles. The van der Waals surface area contributed by atoms with Crippen molar-refractivity contribution in [2.45, 2.75) is 32.7 Å². The molecule has 0 spiro atoms. The molecule has 0 radical (unpaired) electrons. The van der Waals surface area contributed by atoms with E-state index in [2.05, 4.69) is 15.4 Å². The predicted octanol–water partition coefficient (Wildman–Crippen LogP) is 1.60. The highest BCUT2D eigenvalue weighted by Gasteiger charge is 2.32. The summed E-state index contributed by atoms with van der Waals surface area (Å²) in [6.45, 7) is 7.08. The van der Waals surface area contributed by atoms with E-state index in [1.807, 2.05) is 37.5 Å². The van der Waals surface area contributed by atoms with E-state index in [9.17, 15) is 0 Å². The molecule has 6 heteroatoms. The summed E-state index contributed by atoms with van der Waals surface area (Å²) in [5, 5.41) is 7.66. The SMILES string of the molecule is Cc1cc2c(NCC3COC(C)(C)O3)nccn2n1. The van der Waals surface area contributed by atoms with Gasteiger partial charge in [-0.1, -0.05) is 0 Å². The topological polar surface area (TPSA) is 60.7 Å². The van der Waals surface area contributed by atoms with Gasteiger partial charge in [0.05, 0.1) is 12.3 Å². The quantitative estimate of drug-likeness (QED) is 0.910. The summed E-state index contributed by atoms with van der Waals surface area (Å²) in [5.41, 5.74) is 1.94.